The molecule has 0 saturated carbocycles. The SMILES string of the molecule is COc1cc(Nc2nc(NCCS(=O)(=O)O)nc(Nc3ccc(/N=N/c4cc(C(=O)O)cc(C(=O)O)c4)c(C)c3)n2)ccc1/N=N/c1cccc(P(=O)(O)O)c1. The molecule has 4 aromatic carbocycles. The van der Waals surface area contributed by atoms with Crippen LogP contribution in [0, 0.1) is 6.92 Å². The number of methoxy groups -OCH3 is 1. The number of benzene rings is 4. The van der Waals surface area contributed by atoms with E-state index in [-0.39, 0.29) is 63.6 Å². The predicted octanol–water partition coefficient (Wildman–Crippen LogP) is 6.01. The second-order valence-electron chi connectivity index (χ2n) is 11.5. The number of carbonyl (C=O) groups is 2. The number of carboxylic acid groups (broad SMARTS) is 2. The lowest BCUT2D eigenvalue weighted by molar-refractivity contribution is 0.0696. The maximum Gasteiger partial charge on any atom is 0.356 e. The summed E-state index contributed by atoms with van der Waals surface area (Å²) < 4.78 is 48.8. The number of aromatic nitrogens is 3. The van der Waals surface area contributed by atoms with Crippen molar-refractivity contribution in [1.29, 1.82) is 0 Å². The molecule has 0 amide bonds. The van der Waals surface area contributed by atoms with Gasteiger partial charge in [-0.3, -0.25) is 9.12 Å². The normalized spacial score (nSPS) is 11.8. The highest BCUT2D eigenvalue weighted by molar-refractivity contribution is 7.85. The van der Waals surface area contributed by atoms with Gasteiger partial charge in [-0.05, 0) is 79.2 Å². The minimum absolute atomic E-state index is 0.00556. The summed E-state index contributed by atoms with van der Waals surface area (Å²) in [4.78, 5) is 54.7. The molecule has 290 valence electrons. The van der Waals surface area contributed by atoms with E-state index in [4.69, 9.17) is 9.29 Å². The van der Waals surface area contributed by atoms with Crippen LogP contribution in [0.3, 0.4) is 0 Å². The van der Waals surface area contributed by atoms with Crippen LogP contribution in [0.5, 0.6) is 5.75 Å². The van der Waals surface area contributed by atoms with Crippen LogP contribution in [-0.2, 0) is 14.7 Å². The lowest BCUT2D eigenvalue weighted by Crippen LogP contribution is -2.17. The molecule has 0 spiro atoms. The van der Waals surface area contributed by atoms with Crippen molar-refractivity contribution in [2.24, 2.45) is 20.5 Å². The number of nitrogens with zero attached hydrogens (tertiary/aromatic N) is 7. The van der Waals surface area contributed by atoms with Crippen molar-refractivity contribution in [3.8, 4) is 5.75 Å². The van der Waals surface area contributed by atoms with E-state index in [1.54, 1.807) is 43.3 Å². The van der Waals surface area contributed by atoms with Crippen LogP contribution in [-0.4, -0.2) is 79.3 Å². The third-order valence-corrected chi connectivity index (χ3v) is 8.96. The minimum atomic E-state index is -4.49. The highest BCUT2D eigenvalue weighted by atomic mass is 32.2. The number of aromatic carboxylic acids is 2. The smallest absolute Gasteiger partial charge is 0.356 e. The lowest BCUT2D eigenvalue weighted by atomic mass is 10.1. The van der Waals surface area contributed by atoms with Gasteiger partial charge in [-0.1, -0.05) is 6.07 Å². The first kappa shape index (κ1) is 40.5. The molecule has 21 nitrogen and oxygen atoms in total. The first-order chi connectivity index (χ1) is 26.4. The Morgan fingerprint density at radius 1 is 0.750 bits per heavy atom. The zero-order chi connectivity index (χ0) is 40.6. The number of hydrogen-bond donors (Lipinski definition) is 8. The van der Waals surface area contributed by atoms with Crippen molar-refractivity contribution in [1.82, 2.24) is 15.0 Å². The summed E-state index contributed by atoms with van der Waals surface area (Å²) >= 11 is 0. The zero-order valence-corrected chi connectivity index (χ0v) is 30.8. The number of rotatable bonds is 16. The molecule has 5 aromatic rings. The standard InChI is InChI=1S/C33H31N10O11PS/c1-18-12-21(6-8-26(18)42-41-24-14-19(29(44)45)13-20(15-24)30(46)47)35-32-37-31(34-10-11-56(51,52)53)38-33(39-32)36-22-7-9-27(28(17-22)54-2)43-40-23-4-3-5-25(16-23)55(48,49)50/h3-9,12-17H,10-11H2,1-2H3,(H,44,45)(H,46,47)(H2,48,49,50)(H,51,52,53)(H3,34,35,36,37,38,39)/b42-41+,43-40+. The van der Waals surface area contributed by atoms with Gasteiger partial charge in [-0.25, -0.2) is 9.59 Å². The minimum Gasteiger partial charge on any atom is -0.494 e. The van der Waals surface area contributed by atoms with Gasteiger partial charge in [0, 0.05) is 24.0 Å². The molecular weight excluding hydrogens is 775 g/mol. The van der Waals surface area contributed by atoms with Crippen LogP contribution < -0.4 is 26.0 Å². The van der Waals surface area contributed by atoms with Crippen LogP contribution in [0.2, 0.25) is 0 Å². The van der Waals surface area contributed by atoms with Gasteiger partial charge < -0.3 is 40.7 Å². The van der Waals surface area contributed by atoms with E-state index in [1.807, 2.05) is 0 Å². The number of nitrogens with one attached hydrogen (secondary N) is 3. The van der Waals surface area contributed by atoms with E-state index in [2.05, 4.69) is 51.4 Å². The molecule has 8 N–H and O–H groups in total. The van der Waals surface area contributed by atoms with Gasteiger partial charge in [0.15, 0.2) is 0 Å². The maximum absolute atomic E-state index is 11.6. The Morgan fingerprint density at radius 3 is 1.89 bits per heavy atom. The second kappa shape index (κ2) is 17.2. The van der Waals surface area contributed by atoms with Crippen molar-refractivity contribution >= 4 is 86.9 Å². The Kier molecular flexibility index (Phi) is 12.4. The summed E-state index contributed by atoms with van der Waals surface area (Å²) in [7, 11) is -7.39. The van der Waals surface area contributed by atoms with Crippen molar-refractivity contribution in [2.45, 2.75) is 6.92 Å². The average Bonchev–Trinajstić information content (AvgIpc) is 3.13. The van der Waals surface area contributed by atoms with E-state index in [0.29, 0.717) is 22.6 Å². The van der Waals surface area contributed by atoms with Crippen LogP contribution in [0.1, 0.15) is 26.3 Å². The van der Waals surface area contributed by atoms with Gasteiger partial charge >= 0.3 is 19.5 Å². The molecule has 0 unspecified atom stereocenters. The van der Waals surface area contributed by atoms with E-state index < -0.39 is 35.4 Å². The molecule has 0 atom stereocenters. The first-order valence-electron chi connectivity index (χ1n) is 15.8. The summed E-state index contributed by atoms with van der Waals surface area (Å²) in [5.74, 6) is -3.08. The number of carboxylic acids is 2. The Morgan fingerprint density at radius 2 is 1.32 bits per heavy atom. The Bertz CT molecular complexity index is 2500. The van der Waals surface area contributed by atoms with Crippen LogP contribution >= 0.6 is 7.60 Å². The number of ether oxygens (including phenoxy) is 1. The van der Waals surface area contributed by atoms with Crippen LogP contribution in [0.4, 0.5) is 52.0 Å². The predicted molar refractivity (Wildman–Crippen MR) is 202 cm³/mol. The molecule has 0 aliphatic heterocycles. The fourth-order valence-electron chi connectivity index (χ4n) is 4.68. The number of azo groups is 2. The molecular formula is C33H31N10O11PS. The van der Waals surface area contributed by atoms with Crippen molar-refractivity contribution in [3.63, 3.8) is 0 Å². The average molecular weight is 807 g/mol. The number of aryl methyl sites for hydroxylation is 1. The molecule has 5 rings (SSSR count). The van der Waals surface area contributed by atoms with Gasteiger partial charge in [0.2, 0.25) is 17.8 Å². The summed E-state index contributed by atoms with van der Waals surface area (Å²) in [6.07, 6.45) is 0. The molecule has 0 aliphatic rings. The highest BCUT2D eigenvalue weighted by Crippen LogP contribution is 2.36. The lowest BCUT2D eigenvalue weighted by Gasteiger charge is -2.13. The van der Waals surface area contributed by atoms with Gasteiger partial charge in [0.25, 0.3) is 10.1 Å². The van der Waals surface area contributed by atoms with Gasteiger partial charge in [-0.15, -0.1) is 5.11 Å². The molecule has 0 saturated heterocycles. The van der Waals surface area contributed by atoms with Crippen LogP contribution in [0.15, 0.2) is 99.3 Å². The summed E-state index contributed by atoms with van der Waals surface area (Å²) in [5, 5.41) is 43.5. The van der Waals surface area contributed by atoms with E-state index >= 15 is 0 Å². The summed E-state index contributed by atoms with van der Waals surface area (Å²) in [6.45, 7) is 1.48. The molecule has 0 aliphatic carbocycles. The van der Waals surface area contributed by atoms with E-state index in [0.717, 1.165) is 6.07 Å². The van der Waals surface area contributed by atoms with E-state index in [1.165, 1.54) is 43.5 Å². The van der Waals surface area contributed by atoms with Crippen LogP contribution in [0.25, 0.3) is 0 Å². The first-order valence-corrected chi connectivity index (χ1v) is 19.1. The van der Waals surface area contributed by atoms with Gasteiger partial charge in [0.05, 0.1) is 46.4 Å². The van der Waals surface area contributed by atoms with E-state index in [9.17, 15) is 42.6 Å². The molecule has 0 fully saturated rings. The number of anilines is 5. The second-order valence-corrected chi connectivity index (χ2v) is 14.7. The summed E-state index contributed by atoms with van der Waals surface area (Å²) in [5.41, 5.74) is 1.84. The fraction of sp³-hybridized carbons (Fsp3) is 0.121. The molecule has 0 bridgehead atoms. The third-order valence-electron chi connectivity index (χ3n) is 7.29. The summed E-state index contributed by atoms with van der Waals surface area (Å²) in [6, 6.07) is 18.4. The monoisotopic (exact) mass is 806 g/mol. The molecule has 56 heavy (non-hydrogen) atoms. The molecule has 0 radical (unpaired) electrons. The van der Waals surface area contributed by atoms with Crippen molar-refractivity contribution in [3.05, 3.63) is 95.6 Å². The van der Waals surface area contributed by atoms with Gasteiger partial charge in [0.1, 0.15) is 11.4 Å². The molecule has 1 aromatic heterocycles. The van der Waals surface area contributed by atoms with Crippen molar-refractivity contribution < 1.29 is 51.9 Å². The molecule has 1 heterocycles. The Labute approximate surface area is 317 Å². The maximum atomic E-state index is 11.6. The van der Waals surface area contributed by atoms with Crippen molar-refractivity contribution in [2.75, 3.05) is 35.4 Å². The number of hydrogen-bond acceptors (Lipinski definition) is 16. The quantitative estimate of drug-likeness (QED) is 0.0321. The Hall–Kier alpha value is -6.71. The highest BCUT2D eigenvalue weighted by Gasteiger charge is 2.17. The third kappa shape index (κ3) is 11.4. The fourth-order valence-corrected chi connectivity index (χ4v) is 5.62. The largest absolute Gasteiger partial charge is 0.494 e. The Balaban J connectivity index is 1.38. The van der Waals surface area contributed by atoms with Gasteiger partial charge in [-0.2, -0.15) is 38.7 Å². The zero-order valence-electron chi connectivity index (χ0n) is 29.1. The molecule has 23 heteroatoms. The topological polar surface area (TPSA) is 320 Å².